The Kier molecular flexibility index (Phi) is 4.46. The molecule has 3 aromatic rings. The van der Waals surface area contributed by atoms with Crippen LogP contribution in [0.1, 0.15) is 23.0 Å². The zero-order valence-electron chi connectivity index (χ0n) is 13.4. The highest BCUT2D eigenvalue weighted by Crippen LogP contribution is 2.27. The molecule has 1 atom stereocenters. The van der Waals surface area contributed by atoms with E-state index < -0.39 is 11.7 Å². The van der Waals surface area contributed by atoms with E-state index in [1.54, 1.807) is 43.6 Å². The van der Waals surface area contributed by atoms with Crippen molar-refractivity contribution in [3.63, 3.8) is 0 Å². The molecule has 1 aromatic carbocycles. The molecule has 2 aromatic heterocycles. The number of aromatic nitrogens is 1. The summed E-state index contributed by atoms with van der Waals surface area (Å²) in [5.74, 6) is -0.141. The predicted octanol–water partition coefficient (Wildman–Crippen LogP) is 3.47. The van der Waals surface area contributed by atoms with Crippen molar-refractivity contribution < 1.29 is 18.3 Å². The number of hydrogen-bond acceptors (Lipinski definition) is 4. The number of nitrogens with one attached hydrogen (secondary N) is 1. The highest BCUT2D eigenvalue weighted by molar-refractivity contribution is 5.99. The summed E-state index contributed by atoms with van der Waals surface area (Å²) in [6.45, 7) is 3.85. The normalized spacial score (nSPS) is 12.1. The van der Waals surface area contributed by atoms with Crippen LogP contribution in [0.25, 0.3) is 11.0 Å². The van der Waals surface area contributed by atoms with Crippen molar-refractivity contribution in [3.05, 3.63) is 59.9 Å². The van der Waals surface area contributed by atoms with Crippen LogP contribution in [-0.2, 0) is 0 Å². The first-order valence-electron chi connectivity index (χ1n) is 7.58. The van der Waals surface area contributed by atoms with E-state index in [0.717, 1.165) is 0 Å². The molecular weight excluding hydrogens is 311 g/mol. The lowest BCUT2D eigenvalue weighted by Crippen LogP contribution is -2.33. The van der Waals surface area contributed by atoms with E-state index in [-0.39, 0.29) is 24.0 Å². The number of pyridine rings is 1. The third kappa shape index (κ3) is 3.22. The van der Waals surface area contributed by atoms with Gasteiger partial charge in [0, 0.05) is 17.1 Å². The summed E-state index contributed by atoms with van der Waals surface area (Å²) >= 11 is 0. The van der Waals surface area contributed by atoms with Crippen molar-refractivity contribution in [3.8, 4) is 5.75 Å². The number of nitrogens with zero attached hydrogens (tertiary/aromatic N) is 1. The maximum absolute atomic E-state index is 13.7. The van der Waals surface area contributed by atoms with Crippen LogP contribution in [0, 0.1) is 12.7 Å². The largest absolute Gasteiger partial charge is 0.487 e. The predicted molar refractivity (Wildman–Crippen MR) is 87.6 cm³/mol. The fourth-order valence-corrected chi connectivity index (χ4v) is 2.43. The zero-order valence-corrected chi connectivity index (χ0v) is 13.4. The molecule has 124 valence electrons. The van der Waals surface area contributed by atoms with Gasteiger partial charge < -0.3 is 14.5 Å². The van der Waals surface area contributed by atoms with Crippen molar-refractivity contribution in [2.24, 2.45) is 0 Å². The first kappa shape index (κ1) is 16.0. The number of halogens is 1. The van der Waals surface area contributed by atoms with E-state index in [9.17, 15) is 9.18 Å². The van der Waals surface area contributed by atoms with Crippen molar-refractivity contribution in [2.45, 2.75) is 20.0 Å². The van der Waals surface area contributed by atoms with Gasteiger partial charge in [-0.05, 0) is 32.0 Å². The first-order valence-corrected chi connectivity index (χ1v) is 7.58. The number of furan rings is 1. The topological polar surface area (TPSA) is 64.4 Å². The lowest BCUT2D eigenvalue weighted by atomic mass is 10.1. The fourth-order valence-electron chi connectivity index (χ4n) is 2.43. The molecule has 1 amide bonds. The average Bonchev–Trinajstić information content (AvgIpc) is 2.92. The van der Waals surface area contributed by atoms with Crippen LogP contribution in [0.15, 0.2) is 47.1 Å². The second-order valence-corrected chi connectivity index (χ2v) is 5.50. The van der Waals surface area contributed by atoms with Gasteiger partial charge in [0.15, 0.2) is 17.2 Å². The first-order chi connectivity index (χ1) is 11.6. The third-order valence-electron chi connectivity index (χ3n) is 3.64. The summed E-state index contributed by atoms with van der Waals surface area (Å²) in [4.78, 5) is 16.3. The Morgan fingerprint density at radius 2 is 2.21 bits per heavy atom. The molecule has 0 bridgehead atoms. The van der Waals surface area contributed by atoms with Crippen molar-refractivity contribution in [2.75, 3.05) is 6.54 Å². The molecule has 0 saturated carbocycles. The molecule has 0 aliphatic rings. The molecule has 0 aliphatic carbocycles. The summed E-state index contributed by atoms with van der Waals surface area (Å²) in [7, 11) is 0. The molecule has 0 radical (unpaired) electrons. The maximum Gasteiger partial charge on any atom is 0.287 e. The smallest absolute Gasteiger partial charge is 0.287 e. The molecule has 24 heavy (non-hydrogen) atoms. The minimum atomic E-state index is -0.483. The van der Waals surface area contributed by atoms with Gasteiger partial charge in [0.1, 0.15) is 11.9 Å². The van der Waals surface area contributed by atoms with Crippen LogP contribution in [0.3, 0.4) is 0 Å². The van der Waals surface area contributed by atoms with E-state index in [1.807, 2.05) is 6.92 Å². The quantitative estimate of drug-likeness (QED) is 0.779. The van der Waals surface area contributed by atoms with Crippen LogP contribution < -0.4 is 10.1 Å². The molecule has 0 fully saturated rings. The molecule has 0 aliphatic heterocycles. The molecule has 3 rings (SSSR count). The number of hydrogen-bond donors (Lipinski definition) is 1. The third-order valence-corrected chi connectivity index (χ3v) is 3.64. The Balaban J connectivity index is 1.67. The molecule has 0 spiro atoms. The number of aryl methyl sites for hydroxylation is 1. The molecule has 2 heterocycles. The second-order valence-electron chi connectivity index (χ2n) is 5.50. The Morgan fingerprint density at radius 1 is 1.38 bits per heavy atom. The van der Waals surface area contributed by atoms with Crippen molar-refractivity contribution >= 4 is 16.9 Å². The van der Waals surface area contributed by atoms with Gasteiger partial charge in [0.25, 0.3) is 5.91 Å². The number of para-hydroxylation sites is 1. The standard InChI is InChI=1S/C18H17FN2O3/c1-11(23-13-5-4-8-20-10-13)9-21-18(22)16-12(2)14-6-3-7-15(19)17(14)24-16/h3-8,10-11H,9H2,1-2H3,(H,21,22)/t11-/m1/s1. The molecule has 1 N–H and O–H groups in total. The second kappa shape index (κ2) is 6.70. The Bertz CT molecular complexity index is 861. The van der Waals surface area contributed by atoms with Gasteiger partial charge in [-0.1, -0.05) is 12.1 Å². The number of rotatable bonds is 5. The minimum absolute atomic E-state index is 0.0970. The van der Waals surface area contributed by atoms with Gasteiger partial charge in [-0.2, -0.15) is 0 Å². The van der Waals surface area contributed by atoms with E-state index in [0.29, 0.717) is 16.7 Å². The van der Waals surface area contributed by atoms with Gasteiger partial charge in [0.05, 0.1) is 12.7 Å². The number of carbonyl (C=O) groups excluding carboxylic acids is 1. The van der Waals surface area contributed by atoms with E-state index >= 15 is 0 Å². The number of amides is 1. The number of carbonyl (C=O) groups is 1. The highest BCUT2D eigenvalue weighted by Gasteiger charge is 2.20. The van der Waals surface area contributed by atoms with E-state index in [4.69, 9.17) is 9.15 Å². The van der Waals surface area contributed by atoms with E-state index in [2.05, 4.69) is 10.3 Å². The number of ether oxygens (including phenoxy) is 1. The van der Waals surface area contributed by atoms with Crippen molar-refractivity contribution in [1.82, 2.24) is 10.3 Å². The summed E-state index contributed by atoms with van der Waals surface area (Å²) < 4.78 is 24.8. The van der Waals surface area contributed by atoms with Crippen LogP contribution >= 0.6 is 0 Å². The SMILES string of the molecule is Cc1c(C(=O)NC[C@@H](C)Oc2cccnc2)oc2c(F)cccc12. The summed E-state index contributed by atoms with van der Waals surface area (Å²) in [6.07, 6.45) is 3.01. The molecular formula is C18H17FN2O3. The van der Waals surface area contributed by atoms with Gasteiger partial charge >= 0.3 is 0 Å². The Morgan fingerprint density at radius 3 is 2.92 bits per heavy atom. The van der Waals surface area contributed by atoms with Crippen LogP contribution in [0.4, 0.5) is 4.39 Å². The average molecular weight is 328 g/mol. The van der Waals surface area contributed by atoms with Gasteiger partial charge in [-0.15, -0.1) is 0 Å². The summed E-state index contributed by atoms with van der Waals surface area (Å²) in [5.41, 5.74) is 0.711. The lowest BCUT2D eigenvalue weighted by Gasteiger charge is -2.14. The van der Waals surface area contributed by atoms with Crippen molar-refractivity contribution in [1.29, 1.82) is 0 Å². The Labute approximate surface area is 138 Å². The monoisotopic (exact) mass is 328 g/mol. The van der Waals surface area contributed by atoms with Crippen LogP contribution in [-0.4, -0.2) is 23.5 Å². The van der Waals surface area contributed by atoms with Crippen LogP contribution in [0.5, 0.6) is 5.75 Å². The van der Waals surface area contributed by atoms with Gasteiger partial charge in [-0.25, -0.2) is 4.39 Å². The van der Waals surface area contributed by atoms with Gasteiger partial charge in [0.2, 0.25) is 0 Å². The molecule has 0 saturated heterocycles. The van der Waals surface area contributed by atoms with Crippen LogP contribution in [0.2, 0.25) is 0 Å². The minimum Gasteiger partial charge on any atom is -0.487 e. The summed E-state index contributed by atoms with van der Waals surface area (Å²) in [5, 5.41) is 3.34. The highest BCUT2D eigenvalue weighted by atomic mass is 19.1. The zero-order chi connectivity index (χ0) is 17.1. The van der Waals surface area contributed by atoms with E-state index in [1.165, 1.54) is 6.07 Å². The Hall–Kier alpha value is -2.89. The molecule has 0 unspecified atom stereocenters. The summed E-state index contributed by atoms with van der Waals surface area (Å²) in [6, 6.07) is 8.18. The maximum atomic E-state index is 13.7. The molecule has 5 nitrogen and oxygen atoms in total. The lowest BCUT2D eigenvalue weighted by molar-refractivity contribution is 0.0905. The number of benzene rings is 1. The number of fused-ring (bicyclic) bond motifs is 1. The fraction of sp³-hybridized carbons (Fsp3) is 0.222. The van der Waals surface area contributed by atoms with Gasteiger partial charge in [-0.3, -0.25) is 9.78 Å². The molecule has 6 heteroatoms.